The van der Waals surface area contributed by atoms with Gasteiger partial charge in [0, 0.05) is 16.9 Å². The summed E-state index contributed by atoms with van der Waals surface area (Å²) in [6.45, 7) is 2.03. The van der Waals surface area contributed by atoms with E-state index in [0.29, 0.717) is 0 Å². The van der Waals surface area contributed by atoms with Crippen LogP contribution < -0.4 is 4.74 Å². The Morgan fingerprint density at radius 1 is 1.04 bits per heavy atom. The third-order valence-corrected chi connectivity index (χ3v) is 7.04. The maximum absolute atomic E-state index is 5.17. The molecule has 2 aromatic heterocycles. The van der Waals surface area contributed by atoms with Crippen molar-refractivity contribution in [2.24, 2.45) is 0 Å². The molecular weight excluding hydrogens is 366 g/mol. The monoisotopic (exact) mass is 381 g/mol. The first-order valence-corrected chi connectivity index (χ1v) is 10.5. The van der Waals surface area contributed by atoms with Crippen molar-refractivity contribution in [1.29, 1.82) is 0 Å². The van der Waals surface area contributed by atoms with Gasteiger partial charge < -0.3 is 4.74 Å². The third-order valence-electron chi connectivity index (χ3n) is 2.92. The van der Waals surface area contributed by atoms with Crippen molar-refractivity contribution in [1.82, 2.24) is 15.2 Å². The topological polar surface area (TPSA) is 47.9 Å². The first kappa shape index (κ1) is 16.8. The van der Waals surface area contributed by atoms with Crippen molar-refractivity contribution >= 4 is 46.2 Å². The zero-order valence-electron chi connectivity index (χ0n) is 12.7. The summed E-state index contributed by atoms with van der Waals surface area (Å²) in [5.41, 5.74) is 2.36. The molecule has 0 saturated carbocycles. The van der Waals surface area contributed by atoms with Crippen LogP contribution in [-0.4, -0.2) is 22.3 Å². The van der Waals surface area contributed by atoms with Crippen LogP contribution in [0.2, 0.25) is 0 Å². The van der Waals surface area contributed by atoms with Crippen molar-refractivity contribution in [3.8, 4) is 5.75 Å². The molecule has 0 fully saturated rings. The molecule has 0 unspecified atom stereocenters. The largest absolute Gasteiger partial charge is 0.497 e. The molecule has 0 aliphatic carbocycles. The Bertz CT molecular complexity index is 754. The maximum Gasteiger partial charge on any atom is 0.175 e. The highest BCUT2D eigenvalue weighted by Crippen LogP contribution is 2.32. The van der Waals surface area contributed by atoms with E-state index in [9.17, 15) is 0 Å². The van der Waals surface area contributed by atoms with E-state index in [1.54, 1.807) is 53.3 Å². The molecule has 0 amide bonds. The Morgan fingerprint density at radius 2 is 1.74 bits per heavy atom. The molecule has 0 N–H and O–H groups in total. The highest BCUT2D eigenvalue weighted by Gasteiger charge is 2.07. The molecular formula is C15H15N3OS4. The highest BCUT2D eigenvalue weighted by atomic mass is 32.2. The van der Waals surface area contributed by atoms with Gasteiger partial charge in [-0.3, -0.25) is 0 Å². The van der Waals surface area contributed by atoms with Gasteiger partial charge in [0.25, 0.3) is 0 Å². The predicted octanol–water partition coefficient (Wildman–Crippen LogP) is 4.90. The van der Waals surface area contributed by atoms with Gasteiger partial charge in [0.1, 0.15) is 5.75 Å². The smallest absolute Gasteiger partial charge is 0.175 e. The molecule has 0 spiro atoms. The molecule has 23 heavy (non-hydrogen) atoms. The van der Waals surface area contributed by atoms with Gasteiger partial charge in [-0.1, -0.05) is 47.0 Å². The van der Waals surface area contributed by atoms with Crippen molar-refractivity contribution in [3.63, 3.8) is 0 Å². The van der Waals surface area contributed by atoms with Crippen LogP contribution in [0.4, 0.5) is 0 Å². The van der Waals surface area contributed by atoms with Crippen molar-refractivity contribution in [2.45, 2.75) is 27.1 Å². The number of aryl methyl sites for hydroxylation is 1. The molecule has 0 atom stereocenters. The Labute approximate surface area is 151 Å². The van der Waals surface area contributed by atoms with Gasteiger partial charge in [-0.2, -0.15) is 0 Å². The van der Waals surface area contributed by atoms with Gasteiger partial charge in [0.15, 0.2) is 8.68 Å². The predicted molar refractivity (Wildman–Crippen MR) is 98.9 cm³/mol. The molecule has 0 aliphatic heterocycles. The van der Waals surface area contributed by atoms with Crippen LogP contribution >= 0.6 is 46.2 Å². The average molecular weight is 382 g/mol. The lowest BCUT2D eigenvalue weighted by Gasteiger charge is -2.01. The molecule has 8 heteroatoms. The summed E-state index contributed by atoms with van der Waals surface area (Å²) in [5.74, 6) is 2.61. The Hall–Kier alpha value is -1.09. The van der Waals surface area contributed by atoms with Gasteiger partial charge in [0.2, 0.25) is 0 Å². The number of aromatic nitrogens is 3. The van der Waals surface area contributed by atoms with Crippen LogP contribution in [0, 0.1) is 6.92 Å². The Kier molecular flexibility index (Phi) is 5.93. The number of benzene rings is 1. The fraction of sp³-hybridized carbons (Fsp3) is 0.267. The number of nitrogens with zero attached hydrogens (tertiary/aromatic N) is 3. The van der Waals surface area contributed by atoms with Gasteiger partial charge in [0.05, 0.1) is 17.8 Å². The van der Waals surface area contributed by atoms with E-state index in [0.717, 1.165) is 36.6 Å². The molecule has 3 aromatic rings. The van der Waals surface area contributed by atoms with E-state index in [-0.39, 0.29) is 0 Å². The summed E-state index contributed by atoms with van der Waals surface area (Å²) < 4.78 is 7.16. The standard InChI is InChI=1S/C15H15N3OS4/c1-10-16-12(8-20-10)9-22-15-18-17-14(23-15)21-7-11-3-5-13(19-2)6-4-11/h3-6,8H,7,9H2,1-2H3. The zero-order valence-corrected chi connectivity index (χ0v) is 15.9. The number of thiazole rings is 1. The minimum atomic E-state index is 0.849. The summed E-state index contributed by atoms with van der Waals surface area (Å²) in [5, 5.41) is 11.7. The minimum Gasteiger partial charge on any atom is -0.497 e. The van der Waals surface area contributed by atoms with Crippen LogP contribution in [-0.2, 0) is 11.5 Å². The SMILES string of the molecule is COc1ccc(CSc2nnc(SCc3csc(C)n3)s2)cc1. The van der Waals surface area contributed by atoms with E-state index in [1.807, 2.05) is 19.1 Å². The molecule has 0 saturated heterocycles. The molecule has 1 aromatic carbocycles. The summed E-state index contributed by atoms with van der Waals surface area (Å²) in [6, 6.07) is 8.11. The van der Waals surface area contributed by atoms with Crippen molar-refractivity contribution in [2.75, 3.05) is 7.11 Å². The second-order valence-corrected chi connectivity index (χ2v) is 9.10. The van der Waals surface area contributed by atoms with Gasteiger partial charge >= 0.3 is 0 Å². The minimum absolute atomic E-state index is 0.849. The number of rotatable bonds is 7. The second-order valence-electron chi connectivity index (χ2n) is 4.62. The van der Waals surface area contributed by atoms with Crippen LogP contribution in [0.3, 0.4) is 0 Å². The molecule has 120 valence electrons. The molecule has 4 nitrogen and oxygen atoms in total. The van der Waals surface area contributed by atoms with Crippen LogP contribution in [0.5, 0.6) is 5.75 Å². The lowest BCUT2D eigenvalue weighted by molar-refractivity contribution is 0.414. The number of thioether (sulfide) groups is 2. The zero-order chi connectivity index (χ0) is 16.1. The fourth-order valence-corrected chi connectivity index (χ4v) is 5.38. The van der Waals surface area contributed by atoms with Gasteiger partial charge in [-0.05, 0) is 24.6 Å². The highest BCUT2D eigenvalue weighted by molar-refractivity contribution is 8.02. The first-order chi connectivity index (χ1) is 11.2. The maximum atomic E-state index is 5.17. The molecule has 0 bridgehead atoms. The third kappa shape index (κ3) is 4.94. The summed E-state index contributed by atoms with van der Waals surface area (Å²) >= 11 is 6.73. The molecule has 3 rings (SSSR count). The molecule has 0 aliphatic rings. The van der Waals surface area contributed by atoms with E-state index >= 15 is 0 Å². The van der Waals surface area contributed by atoms with E-state index in [4.69, 9.17) is 4.74 Å². The number of hydrogen-bond donors (Lipinski definition) is 0. The quantitative estimate of drug-likeness (QED) is 0.543. The van der Waals surface area contributed by atoms with Gasteiger partial charge in [-0.25, -0.2) is 4.98 Å². The summed E-state index contributed by atoms with van der Waals surface area (Å²) in [4.78, 5) is 4.46. The number of methoxy groups -OCH3 is 1. The summed E-state index contributed by atoms with van der Waals surface area (Å²) in [6.07, 6.45) is 0. The van der Waals surface area contributed by atoms with E-state index in [1.165, 1.54) is 5.56 Å². The van der Waals surface area contributed by atoms with Crippen LogP contribution in [0.15, 0.2) is 38.3 Å². The normalized spacial score (nSPS) is 10.9. The molecule has 2 heterocycles. The Balaban J connectivity index is 1.50. The van der Waals surface area contributed by atoms with Crippen LogP contribution in [0.25, 0.3) is 0 Å². The lowest BCUT2D eigenvalue weighted by atomic mass is 10.2. The van der Waals surface area contributed by atoms with E-state index in [2.05, 4.69) is 32.7 Å². The second kappa shape index (κ2) is 8.14. The first-order valence-electron chi connectivity index (χ1n) is 6.86. The number of ether oxygens (including phenoxy) is 1. The lowest BCUT2D eigenvalue weighted by Crippen LogP contribution is -1.84. The van der Waals surface area contributed by atoms with Gasteiger partial charge in [-0.15, -0.1) is 21.5 Å². The van der Waals surface area contributed by atoms with Crippen LogP contribution in [0.1, 0.15) is 16.3 Å². The fourth-order valence-electron chi connectivity index (χ4n) is 1.79. The number of hydrogen-bond acceptors (Lipinski definition) is 8. The van der Waals surface area contributed by atoms with Crippen molar-refractivity contribution < 1.29 is 4.74 Å². The Morgan fingerprint density at radius 3 is 2.35 bits per heavy atom. The van der Waals surface area contributed by atoms with E-state index < -0.39 is 0 Å². The summed E-state index contributed by atoms with van der Waals surface area (Å²) in [7, 11) is 1.68. The molecule has 0 radical (unpaired) electrons. The average Bonchev–Trinajstić information content (AvgIpc) is 3.20. The van der Waals surface area contributed by atoms with Crippen molar-refractivity contribution in [3.05, 3.63) is 45.9 Å².